The van der Waals surface area contributed by atoms with Gasteiger partial charge in [0.15, 0.2) is 11.0 Å². The highest BCUT2D eigenvalue weighted by molar-refractivity contribution is 7.80. The van der Waals surface area contributed by atoms with Crippen molar-refractivity contribution >= 4 is 41.0 Å². The molecule has 0 unspecified atom stereocenters. The highest BCUT2D eigenvalue weighted by Crippen LogP contribution is 2.24. The van der Waals surface area contributed by atoms with Crippen molar-refractivity contribution in [1.82, 2.24) is 5.32 Å². The summed E-state index contributed by atoms with van der Waals surface area (Å²) in [5, 5.41) is 4.97. The molecule has 0 bridgehead atoms. The first-order valence-electron chi connectivity index (χ1n) is 9.08. The summed E-state index contributed by atoms with van der Waals surface area (Å²) in [4.78, 5) is 32.3. The van der Waals surface area contributed by atoms with Gasteiger partial charge < -0.3 is 20.3 Å². The average Bonchev–Trinajstić information content (AvgIpc) is 2.68. The number of carbonyl (C=O) groups is 2. The van der Waals surface area contributed by atoms with Crippen LogP contribution in [0.1, 0.15) is 0 Å². The van der Waals surface area contributed by atoms with Crippen LogP contribution < -0.4 is 25.2 Å². The zero-order valence-electron chi connectivity index (χ0n) is 15.3. The van der Waals surface area contributed by atoms with Crippen molar-refractivity contribution in [2.75, 3.05) is 51.3 Å². The fourth-order valence-electron chi connectivity index (χ4n) is 3.25. The molecule has 0 spiro atoms. The molecule has 144 valence electrons. The van der Waals surface area contributed by atoms with Crippen LogP contribution in [0.4, 0.5) is 5.69 Å². The summed E-state index contributed by atoms with van der Waals surface area (Å²) in [6.45, 7) is 6.01. The summed E-state index contributed by atoms with van der Waals surface area (Å²) in [7, 11) is 1.55. The third-order valence-corrected chi connectivity index (χ3v) is 5.05. The molecule has 4 N–H and O–H groups in total. The Morgan fingerprint density at radius 1 is 1.41 bits per heavy atom. The quantitative estimate of drug-likeness (QED) is 0.286. The predicted molar refractivity (Wildman–Crippen MR) is 105 cm³/mol. The molecule has 2 fully saturated rings. The molecule has 3 rings (SSSR count). The highest BCUT2D eigenvalue weighted by atomic mass is 32.1. The van der Waals surface area contributed by atoms with E-state index in [4.69, 9.17) is 17.0 Å². The zero-order chi connectivity index (χ0) is 19.2. The van der Waals surface area contributed by atoms with Crippen molar-refractivity contribution < 1.29 is 24.5 Å². The third-order valence-electron chi connectivity index (χ3n) is 4.77. The number of nitrogens with two attached hydrogens (primary N) is 1. The molecule has 2 amide bonds. The van der Waals surface area contributed by atoms with E-state index in [0.717, 1.165) is 32.7 Å². The van der Waals surface area contributed by atoms with Crippen LogP contribution in [-0.4, -0.2) is 69.5 Å². The number of ether oxygens (including phenoxy) is 1. The van der Waals surface area contributed by atoms with Crippen LogP contribution in [0.25, 0.3) is 0 Å². The van der Waals surface area contributed by atoms with Crippen molar-refractivity contribution in [3.63, 3.8) is 0 Å². The Labute approximate surface area is 163 Å². The molecular formula is C18H25N5O3S+2. The Hall–Kier alpha value is -2.36. The molecular weight excluding hydrogens is 366 g/mol. The molecule has 27 heavy (non-hydrogen) atoms. The van der Waals surface area contributed by atoms with E-state index in [1.54, 1.807) is 31.4 Å². The number of aliphatic imine (C=N–C) groups is 1. The van der Waals surface area contributed by atoms with Gasteiger partial charge in [-0.25, -0.2) is 0 Å². The predicted octanol–water partition coefficient (Wildman–Crippen LogP) is -2.41. The van der Waals surface area contributed by atoms with Crippen LogP contribution in [0.15, 0.2) is 29.3 Å². The SMILES string of the molecule is COc1cccc(N2C(=O)[C@@H](C=NCC[NH+]3CC[NH2+]CC3)C(=O)NC2=S)c1. The zero-order valence-corrected chi connectivity index (χ0v) is 16.1. The van der Waals surface area contributed by atoms with E-state index in [9.17, 15) is 9.59 Å². The second kappa shape index (κ2) is 9.03. The van der Waals surface area contributed by atoms with E-state index in [1.807, 2.05) is 0 Å². The van der Waals surface area contributed by atoms with Crippen LogP contribution in [0.3, 0.4) is 0 Å². The third kappa shape index (κ3) is 4.68. The van der Waals surface area contributed by atoms with Crippen LogP contribution in [0.2, 0.25) is 0 Å². The van der Waals surface area contributed by atoms with E-state index < -0.39 is 17.7 Å². The van der Waals surface area contributed by atoms with Crippen molar-refractivity contribution in [1.29, 1.82) is 0 Å². The van der Waals surface area contributed by atoms with Gasteiger partial charge in [0.05, 0.1) is 25.9 Å². The fraction of sp³-hybridized carbons (Fsp3) is 0.444. The lowest BCUT2D eigenvalue weighted by atomic mass is 10.1. The summed E-state index contributed by atoms with van der Waals surface area (Å²) in [6, 6.07) is 6.99. The number of amides is 2. The molecule has 1 atom stereocenters. The van der Waals surface area contributed by atoms with E-state index in [1.165, 1.54) is 16.0 Å². The molecule has 1 aromatic carbocycles. The van der Waals surface area contributed by atoms with E-state index in [2.05, 4.69) is 15.6 Å². The van der Waals surface area contributed by atoms with Gasteiger partial charge in [-0.15, -0.1) is 0 Å². The molecule has 2 aliphatic heterocycles. The summed E-state index contributed by atoms with van der Waals surface area (Å²) in [5.41, 5.74) is 0.553. The summed E-state index contributed by atoms with van der Waals surface area (Å²) < 4.78 is 5.20. The van der Waals surface area contributed by atoms with Crippen LogP contribution in [-0.2, 0) is 9.59 Å². The molecule has 0 radical (unpaired) electrons. The summed E-state index contributed by atoms with van der Waals surface area (Å²) in [5.74, 6) is -1.21. The van der Waals surface area contributed by atoms with Gasteiger partial charge in [-0.3, -0.25) is 19.5 Å². The lowest BCUT2D eigenvalue weighted by Crippen LogP contribution is -3.20. The summed E-state index contributed by atoms with van der Waals surface area (Å²) in [6.07, 6.45) is 1.45. The second-order valence-corrected chi connectivity index (χ2v) is 6.96. The van der Waals surface area contributed by atoms with E-state index in [-0.39, 0.29) is 5.11 Å². The molecule has 2 heterocycles. The average molecular weight is 391 g/mol. The van der Waals surface area contributed by atoms with Gasteiger partial charge in [-0.2, -0.15) is 0 Å². The number of hydrogen-bond donors (Lipinski definition) is 3. The number of hydrogen-bond acceptors (Lipinski definition) is 5. The van der Waals surface area contributed by atoms with Crippen molar-refractivity contribution in [3.05, 3.63) is 24.3 Å². The molecule has 8 nitrogen and oxygen atoms in total. The van der Waals surface area contributed by atoms with Crippen molar-refractivity contribution in [2.45, 2.75) is 0 Å². The lowest BCUT2D eigenvalue weighted by Gasteiger charge is -2.31. The van der Waals surface area contributed by atoms with Crippen LogP contribution in [0, 0.1) is 5.92 Å². The number of rotatable bonds is 6. The maximum absolute atomic E-state index is 12.9. The van der Waals surface area contributed by atoms with E-state index in [0.29, 0.717) is 18.0 Å². The minimum Gasteiger partial charge on any atom is -0.497 e. The number of benzene rings is 1. The first-order valence-corrected chi connectivity index (χ1v) is 9.49. The Balaban J connectivity index is 1.67. The van der Waals surface area contributed by atoms with Gasteiger partial charge in [-0.1, -0.05) is 6.07 Å². The number of nitrogens with zero attached hydrogens (tertiary/aromatic N) is 2. The standard InChI is InChI=1S/C18H23N5O3S/c1-26-14-4-2-3-13(11-14)23-17(25)15(16(24)21-18(23)27)12-20-7-10-22-8-5-19-6-9-22/h2-4,11-12,15,19H,5-10H2,1H3,(H,21,24,27)/p+2/t15-/m0/s1. The number of methoxy groups -OCH3 is 1. The smallest absolute Gasteiger partial charge is 0.251 e. The highest BCUT2D eigenvalue weighted by Gasteiger charge is 2.38. The molecule has 2 saturated heterocycles. The molecule has 2 aliphatic rings. The fourth-order valence-corrected chi connectivity index (χ4v) is 3.55. The Morgan fingerprint density at radius 3 is 2.93 bits per heavy atom. The van der Waals surface area contributed by atoms with Gasteiger partial charge in [0.25, 0.3) is 5.91 Å². The lowest BCUT2D eigenvalue weighted by molar-refractivity contribution is -0.945. The van der Waals surface area contributed by atoms with Gasteiger partial charge >= 0.3 is 0 Å². The topological polar surface area (TPSA) is 92.0 Å². The van der Waals surface area contributed by atoms with Crippen molar-refractivity contribution in [3.8, 4) is 5.75 Å². The van der Waals surface area contributed by atoms with Gasteiger partial charge in [-0.05, 0) is 24.4 Å². The number of quaternary nitrogens is 2. The monoisotopic (exact) mass is 391 g/mol. The number of nitrogens with one attached hydrogen (secondary N) is 2. The Kier molecular flexibility index (Phi) is 6.49. The molecule has 0 aliphatic carbocycles. The van der Waals surface area contributed by atoms with Gasteiger partial charge in [0.2, 0.25) is 5.91 Å². The number of carbonyl (C=O) groups excluding carboxylic acids is 2. The minimum atomic E-state index is -0.979. The minimum absolute atomic E-state index is 0.0666. The van der Waals surface area contributed by atoms with Gasteiger partial charge in [0, 0.05) is 12.3 Å². The molecule has 0 saturated carbocycles. The van der Waals surface area contributed by atoms with Crippen molar-refractivity contribution in [2.24, 2.45) is 10.9 Å². The Morgan fingerprint density at radius 2 is 2.19 bits per heavy atom. The summed E-state index contributed by atoms with van der Waals surface area (Å²) >= 11 is 5.20. The van der Waals surface area contributed by atoms with Crippen LogP contribution >= 0.6 is 12.2 Å². The molecule has 0 aromatic heterocycles. The maximum Gasteiger partial charge on any atom is 0.251 e. The Bertz CT molecular complexity index is 748. The number of anilines is 1. The number of thiocarbonyl (C=S) groups is 1. The second-order valence-electron chi connectivity index (χ2n) is 6.57. The van der Waals surface area contributed by atoms with E-state index >= 15 is 0 Å². The largest absolute Gasteiger partial charge is 0.497 e. The first kappa shape index (κ1) is 19.4. The molecule has 9 heteroatoms. The molecule has 1 aromatic rings. The van der Waals surface area contributed by atoms with Gasteiger partial charge in [0.1, 0.15) is 31.9 Å². The number of piperazine rings is 1. The van der Waals surface area contributed by atoms with Crippen LogP contribution in [0.5, 0.6) is 5.75 Å². The normalized spacial score (nSPS) is 21.6. The first-order chi connectivity index (χ1) is 13.1. The maximum atomic E-state index is 12.9.